The molecule has 0 bridgehead atoms. The number of carbonyl (C=O) groups is 1. The third-order valence-electron chi connectivity index (χ3n) is 6.71. The molecule has 1 unspecified atom stereocenters. The molecule has 0 aliphatic rings. The Hall–Kier alpha value is -4.84. The third-order valence-corrected chi connectivity index (χ3v) is 6.71. The molecule has 0 radical (unpaired) electrons. The molecule has 5 nitrogen and oxygen atoms in total. The molecule has 0 saturated heterocycles. The molecule has 0 fully saturated rings. The van der Waals surface area contributed by atoms with E-state index in [1.165, 1.54) is 16.7 Å². The lowest BCUT2D eigenvalue weighted by Gasteiger charge is -2.30. The average Bonchev–Trinajstić information content (AvgIpc) is 2.98. The van der Waals surface area contributed by atoms with Gasteiger partial charge in [-0.3, -0.25) is 14.2 Å². The van der Waals surface area contributed by atoms with E-state index >= 15 is 0 Å². The first-order valence-corrected chi connectivity index (χ1v) is 12.9. The van der Waals surface area contributed by atoms with E-state index in [-0.39, 0.29) is 11.5 Å². The fourth-order valence-corrected chi connectivity index (χ4v) is 4.63. The molecule has 39 heavy (non-hydrogen) atoms. The number of fused-ring (bicyclic) bond motifs is 1. The summed E-state index contributed by atoms with van der Waals surface area (Å²) >= 11 is 0. The number of benzene rings is 4. The van der Waals surface area contributed by atoms with E-state index in [9.17, 15) is 14.0 Å². The minimum Gasteiger partial charge on any atom is -0.329 e. The molecule has 5 rings (SSSR count). The number of aromatic nitrogens is 2. The standard InChI is InChI=1S/C33H28FN3O2/c1-24(32-35-30-15-9-8-14-29(30)33(39)37(32)28-19-17-27(34)18-20-28)36(23-22-26-12-6-3-7-13-26)31(38)21-16-25-10-4-2-5-11-25/h2-21,24H,22-23H2,1H3. The van der Waals surface area contributed by atoms with Crippen LogP contribution in [0.25, 0.3) is 22.7 Å². The van der Waals surface area contributed by atoms with Crippen LogP contribution in [0.5, 0.6) is 0 Å². The second kappa shape index (κ2) is 11.7. The zero-order valence-electron chi connectivity index (χ0n) is 21.6. The molecule has 5 aromatic rings. The van der Waals surface area contributed by atoms with Gasteiger partial charge in [0.05, 0.1) is 22.6 Å². The lowest BCUT2D eigenvalue weighted by molar-refractivity contribution is -0.128. The summed E-state index contributed by atoms with van der Waals surface area (Å²) in [6.45, 7) is 2.28. The molecule has 1 heterocycles. The van der Waals surface area contributed by atoms with Crippen molar-refractivity contribution in [2.75, 3.05) is 6.54 Å². The van der Waals surface area contributed by atoms with E-state index in [2.05, 4.69) is 0 Å². The molecule has 0 spiro atoms. The maximum Gasteiger partial charge on any atom is 0.266 e. The molecule has 1 amide bonds. The summed E-state index contributed by atoms with van der Waals surface area (Å²) in [6, 6.07) is 31.8. The van der Waals surface area contributed by atoms with Crippen LogP contribution in [0.4, 0.5) is 4.39 Å². The van der Waals surface area contributed by atoms with E-state index in [1.807, 2.05) is 73.7 Å². The predicted molar refractivity (Wildman–Crippen MR) is 153 cm³/mol. The Labute approximate surface area is 226 Å². The fourth-order valence-electron chi connectivity index (χ4n) is 4.63. The monoisotopic (exact) mass is 517 g/mol. The molecule has 0 saturated carbocycles. The normalized spacial score (nSPS) is 12.1. The van der Waals surface area contributed by atoms with Crippen molar-refractivity contribution in [1.82, 2.24) is 14.5 Å². The van der Waals surface area contributed by atoms with Gasteiger partial charge in [0.2, 0.25) is 5.91 Å². The van der Waals surface area contributed by atoms with Crippen LogP contribution in [0.1, 0.15) is 29.9 Å². The van der Waals surface area contributed by atoms with E-state index in [4.69, 9.17) is 4.98 Å². The molecule has 6 heteroatoms. The number of rotatable bonds is 8. The maximum atomic E-state index is 13.8. The number of carbonyl (C=O) groups excluding carboxylic acids is 1. The number of amides is 1. The van der Waals surface area contributed by atoms with Crippen molar-refractivity contribution in [3.05, 3.63) is 148 Å². The van der Waals surface area contributed by atoms with Crippen LogP contribution in [0, 0.1) is 5.82 Å². The Morgan fingerprint density at radius 3 is 2.26 bits per heavy atom. The van der Waals surface area contributed by atoms with Crippen LogP contribution in [-0.2, 0) is 11.2 Å². The molecular weight excluding hydrogens is 489 g/mol. The highest BCUT2D eigenvalue weighted by Gasteiger charge is 2.26. The van der Waals surface area contributed by atoms with Gasteiger partial charge in [0.1, 0.15) is 11.6 Å². The largest absolute Gasteiger partial charge is 0.329 e. The van der Waals surface area contributed by atoms with Gasteiger partial charge >= 0.3 is 0 Å². The Kier molecular flexibility index (Phi) is 7.73. The van der Waals surface area contributed by atoms with Crippen molar-refractivity contribution < 1.29 is 9.18 Å². The smallest absolute Gasteiger partial charge is 0.266 e. The van der Waals surface area contributed by atoms with Crippen LogP contribution < -0.4 is 5.56 Å². The molecular formula is C33H28FN3O2. The van der Waals surface area contributed by atoms with E-state index in [1.54, 1.807) is 47.4 Å². The summed E-state index contributed by atoms with van der Waals surface area (Å²) in [4.78, 5) is 34.0. The van der Waals surface area contributed by atoms with Gasteiger partial charge in [-0.1, -0.05) is 72.8 Å². The van der Waals surface area contributed by atoms with Crippen molar-refractivity contribution >= 4 is 22.9 Å². The summed E-state index contributed by atoms with van der Waals surface area (Å²) < 4.78 is 15.3. The van der Waals surface area contributed by atoms with Crippen LogP contribution in [-0.4, -0.2) is 26.9 Å². The van der Waals surface area contributed by atoms with Gasteiger partial charge in [0, 0.05) is 12.6 Å². The maximum absolute atomic E-state index is 13.8. The van der Waals surface area contributed by atoms with Crippen LogP contribution in [0.2, 0.25) is 0 Å². The third kappa shape index (κ3) is 5.85. The van der Waals surface area contributed by atoms with Crippen LogP contribution in [0.3, 0.4) is 0 Å². The minimum atomic E-state index is -0.566. The van der Waals surface area contributed by atoms with Crippen LogP contribution >= 0.6 is 0 Å². The van der Waals surface area contributed by atoms with Gasteiger partial charge in [-0.05, 0) is 66.9 Å². The Morgan fingerprint density at radius 1 is 0.897 bits per heavy atom. The van der Waals surface area contributed by atoms with E-state index in [0.29, 0.717) is 35.4 Å². The zero-order valence-corrected chi connectivity index (χ0v) is 21.6. The molecule has 0 aliphatic carbocycles. The number of hydrogen-bond donors (Lipinski definition) is 0. The summed E-state index contributed by atoms with van der Waals surface area (Å²) in [6.07, 6.45) is 3.97. The number of hydrogen-bond acceptors (Lipinski definition) is 3. The molecule has 4 aromatic carbocycles. The van der Waals surface area contributed by atoms with Gasteiger partial charge in [-0.15, -0.1) is 0 Å². The number of halogens is 1. The van der Waals surface area contributed by atoms with Crippen molar-refractivity contribution in [1.29, 1.82) is 0 Å². The molecule has 0 N–H and O–H groups in total. The molecule has 194 valence electrons. The average molecular weight is 518 g/mol. The Balaban J connectivity index is 1.59. The second-order valence-electron chi connectivity index (χ2n) is 9.29. The van der Waals surface area contributed by atoms with Gasteiger partial charge in [-0.25, -0.2) is 9.37 Å². The molecule has 1 atom stereocenters. The van der Waals surface area contributed by atoms with Crippen molar-refractivity contribution in [2.45, 2.75) is 19.4 Å². The summed E-state index contributed by atoms with van der Waals surface area (Å²) in [5, 5.41) is 0.448. The summed E-state index contributed by atoms with van der Waals surface area (Å²) in [5.41, 5.74) is 2.75. The fraction of sp³-hybridized carbons (Fsp3) is 0.121. The topological polar surface area (TPSA) is 55.2 Å². The highest BCUT2D eigenvalue weighted by molar-refractivity contribution is 5.92. The summed E-state index contributed by atoms with van der Waals surface area (Å²) in [5.74, 6) is -0.198. The zero-order chi connectivity index (χ0) is 27.2. The molecule has 0 aliphatic heterocycles. The van der Waals surface area contributed by atoms with E-state index in [0.717, 1.165) is 11.1 Å². The van der Waals surface area contributed by atoms with Gasteiger partial charge in [-0.2, -0.15) is 0 Å². The number of para-hydroxylation sites is 1. The first-order valence-electron chi connectivity index (χ1n) is 12.9. The van der Waals surface area contributed by atoms with Gasteiger partial charge in [0.25, 0.3) is 5.56 Å². The Bertz CT molecular complexity index is 1660. The molecule has 1 aromatic heterocycles. The SMILES string of the molecule is CC(c1nc2ccccc2c(=O)n1-c1ccc(F)cc1)N(CCc1ccccc1)C(=O)C=Cc1ccccc1. The van der Waals surface area contributed by atoms with Crippen molar-refractivity contribution in [2.24, 2.45) is 0 Å². The lowest BCUT2D eigenvalue weighted by Crippen LogP contribution is -2.38. The van der Waals surface area contributed by atoms with Gasteiger partial charge in [0.15, 0.2) is 0 Å². The quantitative estimate of drug-likeness (QED) is 0.225. The first kappa shape index (κ1) is 25.8. The first-order chi connectivity index (χ1) is 19.0. The second-order valence-corrected chi connectivity index (χ2v) is 9.29. The minimum absolute atomic E-state index is 0.199. The van der Waals surface area contributed by atoms with Crippen molar-refractivity contribution in [3.63, 3.8) is 0 Å². The van der Waals surface area contributed by atoms with Crippen molar-refractivity contribution in [3.8, 4) is 5.69 Å². The Morgan fingerprint density at radius 2 is 1.54 bits per heavy atom. The van der Waals surface area contributed by atoms with Gasteiger partial charge < -0.3 is 4.90 Å². The lowest BCUT2D eigenvalue weighted by atomic mass is 10.1. The number of nitrogens with zero attached hydrogens (tertiary/aromatic N) is 3. The highest BCUT2D eigenvalue weighted by Crippen LogP contribution is 2.24. The predicted octanol–water partition coefficient (Wildman–Crippen LogP) is 6.37. The van der Waals surface area contributed by atoms with E-state index < -0.39 is 11.9 Å². The summed E-state index contributed by atoms with van der Waals surface area (Å²) in [7, 11) is 0. The highest BCUT2D eigenvalue weighted by atomic mass is 19.1. The van der Waals surface area contributed by atoms with Crippen LogP contribution in [0.15, 0.2) is 120 Å².